The van der Waals surface area contributed by atoms with Crippen molar-refractivity contribution in [3.63, 3.8) is 0 Å². The lowest BCUT2D eigenvalue weighted by molar-refractivity contribution is 0.304. The van der Waals surface area contributed by atoms with E-state index < -0.39 is 0 Å². The lowest BCUT2D eigenvalue weighted by Crippen LogP contribution is -2.31. The number of hydrogen-bond donors (Lipinski definition) is 3. The van der Waals surface area contributed by atoms with E-state index in [9.17, 15) is 0 Å². The molecule has 2 aromatic carbocycles. The summed E-state index contributed by atoms with van der Waals surface area (Å²) in [6.07, 6.45) is -0.263. The van der Waals surface area contributed by atoms with Gasteiger partial charge >= 0.3 is 0 Å². The second-order valence-electron chi connectivity index (χ2n) is 6.04. The van der Waals surface area contributed by atoms with Gasteiger partial charge in [-0.3, -0.25) is 9.88 Å². The maximum Gasteiger partial charge on any atom is 0.212 e. The lowest BCUT2D eigenvalue weighted by atomic mass is 10.1. The molecule has 0 amide bonds. The molecule has 0 aliphatic carbocycles. The van der Waals surface area contributed by atoms with Crippen molar-refractivity contribution < 1.29 is 5.11 Å². The number of nitrogens with one attached hydrogen (secondary N) is 1. The van der Waals surface area contributed by atoms with Crippen LogP contribution in [0, 0.1) is 0 Å². The summed E-state index contributed by atoms with van der Waals surface area (Å²) < 4.78 is 2.05. The number of rotatable bonds is 4. The summed E-state index contributed by atoms with van der Waals surface area (Å²) in [7, 11) is 1.95. The van der Waals surface area contributed by atoms with Crippen molar-refractivity contribution in [1.29, 1.82) is 0 Å². The van der Waals surface area contributed by atoms with Crippen LogP contribution < -0.4 is 16.0 Å². The lowest BCUT2D eigenvalue weighted by Gasteiger charge is -2.24. The highest BCUT2D eigenvalue weighted by Crippen LogP contribution is 2.32. The SMILES string of the molecule is CN(CCO)c1ccc(C2N=C(N)Nc3nc4ccccc4n32)cc1. The Morgan fingerprint density at radius 2 is 1.96 bits per heavy atom. The molecule has 0 saturated carbocycles. The summed E-state index contributed by atoms with van der Waals surface area (Å²) in [5.41, 5.74) is 9.94. The zero-order valence-electron chi connectivity index (χ0n) is 13.9. The molecule has 0 fully saturated rings. The third-order valence-electron chi connectivity index (χ3n) is 4.41. The van der Waals surface area contributed by atoms with E-state index in [1.54, 1.807) is 0 Å². The molecule has 1 aliphatic heterocycles. The van der Waals surface area contributed by atoms with Crippen molar-refractivity contribution in [2.75, 3.05) is 30.4 Å². The van der Waals surface area contributed by atoms with Crippen LogP contribution in [0.4, 0.5) is 11.6 Å². The van der Waals surface area contributed by atoms with E-state index in [1.807, 2.05) is 60.5 Å². The van der Waals surface area contributed by atoms with Gasteiger partial charge in [-0.1, -0.05) is 24.3 Å². The summed E-state index contributed by atoms with van der Waals surface area (Å²) in [6.45, 7) is 0.714. The van der Waals surface area contributed by atoms with E-state index in [-0.39, 0.29) is 12.8 Å². The van der Waals surface area contributed by atoms with Crippen molar-refractivity contribution in [1.82, 2.24) is 9.55 Å². The Labute approximate surface area is 145 Å². The number of benzene rings is 2. The highest BCUT2D eigenvalue weighted by Gasteiger charge is 2.24. The fraction of sp³-hybridized carbons (Fsp3) is 0.222. The van der Waals surface area contributed by atoms with E-state index in [0.717, 1.165) is 22.3 Å². The topological polar surface area (TPSA) is 91.7 Å². The molecule has 1 aromatic heterocycles. The zero-order chi connectivity index (χ0) is 17.4. The van der Waals surface area contributed by atoms with Crippen LogP contribution in [0.15, 0.2) is 53.5 Å². The van der Waals surface area contributed by atoms with E-state index >= 15 is 0 Å². The number of para-hydroxylation sites is 2. The summed E-state index contributed by atoms with van der Waals surface area (Å²) in [4.78, 5) is 11.2. The number of hydrogen-bond acceptors (Lipinski definition) is 6. The van der Waals surface area contributed by atoms with Gasteiger partial charge in [0, 0.05) is 19.3 Å². The van der Waals surface area contributed by atoms with Crippen molar-refractivity contribution in [2.45, 2.75) is 6.17 Å². The predicted octanol–water partition coefficient (Wildman–Crippen LogP) is 1.75. The second-order valence-corrected chi connectivity index (χ2v) is 6.04. The zero-order valence-corrected chi connectivity index (χ0v) is 13.9. The molecular formula is C18H20N6O. The minimum atomic E-state index is -0.263. The van der Waals surface area contributed by atoms with Crippen LogP contribution in [0.2, 0.25) is 0 Å². The van der Waals surface area contributed by atoms with Crippen LogP contribution in [0.1, 0.15) is 11.7 Å². The van der Waals surface area contributed by atoms with Gasteiger partial charge in [-0.05, 0) is 29.8 Å². The number of aromatic nitrogens is 2. The van der Waals surface area contributed by atoms with E-state index in [4.69, 9.17) is 10.8 Å². The number of aliphatic hydroxyl groups is 1. The first-order valence-electron chi connectivity index (χ1n) is 8.16. The summed E-state index contributed by atoms with van der Waals surface area (Å²) in [5, 5.41) is 12.1. The van der Waals surface area contributed by atoms with Gasteiger partial charge in [-0.15, -0.1) is 0 Å². The average Bonchev–Trinajstić information content (AvgIpc) is 2.99. The number of guanidine groups is 1. The fourth-order valence-electron chi connectivity index (χ4n) is 3.12. The van der Waals surface area contributed by atoms with Gasteiger partial charge in [0.2, 0.25) is 5.95 Å². The Hall–Kier alpha value is -3.06. The number of imidazole rings is 1. The molecule has 7 heteroatoms. The Morgan fingerprint density at radius 3 is 2.72 bits per heavy atom. The number of fused-ring (bicyclic) bond motifs is 3. The van der Waals surface area contributed by atoms with Gasteiger partial charge < -0.3 is 15.7 Å². The summed E-state index contributed by atoms with van der Waals surface area (Å²) in [6, 6.07) is 16.1. The summed E-state index contributed by atoms with van der Waals surface area (Å²) in [5.74, 6) is 1.05. The van der Waals surface area contributed by atoms with Gasteiger partial charge in [-0.25, -0.2) is 9.98 Å². The van der Waals surface area contributed by atoms with Gasteiger partial charge in [0.1, 0.15) is 0 Å². The number of anilines is 2. The highest BCUT2D eigenvalue weighted by molar-refractivity contribution is 5.94. The molecule has 3 aromatic rings. The molecule has 128 valence electrons. The predicted molar refractivity (Wildman–Crippen MR) is 99.9 cm³/mol. The van der Waals surface area contributed by atoms with Crippen LogP contribution in [0.5, 0.6) is 0 Å². The average molecular weight is 336 g/mol. The molecule has 2 heterocycles. The van der Waals surface area contributed by atoms with E-state index in [0.29, 0.717) is 18.5 Å². The quantitative estimate of drug-likeness (QED) is 0.675. The first-order chi connectivity index (χ1) is 12.2. The van der Waals surface area contributed by atoms with Gasteiger partial charge in [0.25, 0.3) is 0 Å². The van der Waals surface area contributed by atoms with Crippen LogP contribution in [-0.4, -0.2) is 40.8 Å². The summed E-state index contributed by atoms with van der Waals surface area (Å²) >= 11 is 0. The number of likely N-dealkylation sites (N-methyl/N-ethyl adjacent to an activating group) is 1. The van der Waals surface area contributed by atoms with Crippen molar-refractivity contribution >= 4 is 28.6 Å². The van der Waals surface area contributed by atoms with Crippen molar-refractivity contribution in [2.24, 2.45) is 10.7 Å². The van der Waals surface area contributed by atoms with E-state index in [1.165, 1.54) is 0 Å². The normalized spacial score (nSPS) is 16.2. The van der Waals surface area contributed by atoms with Crippen molar-refractivity contribution in [3.8, 4) is 0 Å². The van der Waals surface area contributed by atoms with Crippen molar-refractivity contribution in [3.05, 3.63) is 54.1 Å². The third kappa shape index (κ3) is 2.68. The molecule has 0 radical (unpaired) electrons. The third-order valence-corrected chi connectivity index (χ3v) is 4.41. The minimum Gasteiger partial charge on any atom is -0.395 e. The molecule has 7 nitrogen and oxygen atoms in total. The Balaban J connectivity index is 1.76. The van der Waals surface area contributed by atoms with Crippen LogP contribution in [0.3, 0.4) is 0 Å². The Kier molecular flexibility index (Phi) is 3.77. The molecule has 4 rings (SSSR count). The van der Waals surface area contributed by atoms with Crippen LogP contribution in [0.25, 0.3) is 11.0 Å². The molecular weight excluding hydrogens is 316 g/mol. The number of nitrogens with zero attached hydrogens (tertiary/aromatic N) is 4. The molecule has 0 spiro atoms. The maximum atomic E-state index is 9.08. The van der Waals surface area contributed by atoms with Gasteiger partial charge in [0.15, 0.2) is 12.1 Å². The maximum absolute atomic E-state index is 9.08. The minimum absolute atomic E-state index is 0.123. The number of aliphatic hydroxyl groups excluding tert-OH is 1. The first kappa shape index (κ1) is 15.5. The number of nitrogens with two attached hydrogens (primary N) is 1. The first-order valence-corrected chi connectivity index (χ1v) is 8.16. The molecule has 0 saturated heterocycles. The highest BCUT2D eigenvalue weighted by atomic mass is 16.3. The largest absolute Gasteiger partial charge is 0.395 e. The van der Waals surface area contributed by atoms with Crippen LogP contribution in [-0.2, 0) is 0 Å². The Bertz CT molecular complexity index is 930. The van der Waals surface area contributed by atoms with Crippen LogP contribution >= 0.6 is 0 Å². The fourth-order valence-corrected chi connectivity index (χ4v) is 3.12. The monoisotopic (exact) mass is 336 g/mol. The Morgan fingerprint density at radius 1 is 1.20 bits per heavy atom. The molecule has 1 atom stereocenters. The second kappa shape index (κ2) is 6.10. The molecule has 1 unspecified atom stereocenters. The standard InChI is InChI=1S/C18H20N6O/c1-23(10-11-25)13-8-6-12(7-9-13)16-21-17(19)22-18-20-14-4-2-3-5-15(14)24(16)18/h2-9,16,25H,10-11H2,1H3,(H3,19,20,21,22). The van der Waals surface area contributed by atoms with Gasteiger partial charge in [0.05, 0.1) is 17.6 Å². The number of aliphatic imine (C=N–C) groups is 1. The van der Waals surface area contributed by atoms with E-state index in [2.05, 4.69) is 19.9 Å². The molecule has 1 aliphatic rings. The van der Waals surface area contributed by atoms with Gasteiger partial charge in [-0.2, -0.15) is 0 Å². The molecule has 25 heavy (non-hydrogen) atoms. The molecule has 4 N–H and O–H groups in total. The smallest absolute Gasteiger partial charge is 0.212 e. The molecule has 0 bridgehead atoms.